The zero-order valence-corrected chi connectivity index (χ0v) is 9.31. The van der Waals surface area contributed by atoms with E-state index in [0.29, 0.717) is 0 Å². The Morgan fingerprint density at radius 2 is 2.21 bits per heavy atom. The van der Waals surface area contributed by atoms with Crippen molar-refractivity contribution in [1.82, 2.24) is 4.98 Å². The molecule has 0 N–H and O–H groups in total. The van der Waals surface area contributed by atoms with E-state index in [2.05, 4.69) is 30.1 Å². The molecule has 0 aliphatic heterocycles. The summed E-state index contributed by atoms with van der Waals surface area (Å²) in [6.07, 6.45) is 5.07. The number of unbranched alkanes of at least 4 members (excludes halogenated alkanes) is 2. The van der Waals surface area contributed by atoms with Crippen LogP contribution in [0.3, 0.4) is 0 Å². The van der Waals surface area contributed by atoms with Crippen molar-refractivity contribution in [2.45, 2.75) is 32.6 Å². The molecule has 0 radical (unpaired) electrons. The predicted molar refractivity (Wildman–Crippen MR) is 62.8 cm³/mol. The van der Waals surface area contributed by atoms with Crippen LogP contribution < -0.4 is 0 Å². The second-order valence-corrected chi connectivity index (χ2v) is 4.46. The molecule has 0 unspecified atom stereocenters. The summed E-state index contributed by atoms with van der Waals surface area (Å²) in [5, 5.41) is 0. The van der Waals surface area contributed by atoms with Crippen LogP contribution in [0.25, 0.3) is 10.2 Å². The van der Waals surface area contributed by atoms with E-state index < -0.39 is 0 Å². The van der Waals surface area contributed by atoms with Crippen molar-refractivity contribution >= 4 is 21.6 Å². The summed E-state index contributed by atoms with van der Waals surface area (Å²) in [5.41, 5.74) is 4.57. The first-order valence-corrected chi connectivity index (χ1v) is 6.11. The van der Waals surface area contributed by atoms with Crippen molar-refractivity contribution < 1.29 is 0 Å². The summed E-state index contributed by atoms with van der Waals surface area (Å²) in [6.45, 7) is 2.24. The Hall–Kier alpha value is -0.890. The van der Waals surface area contributed by atoms with Gasteiger partial charge in [-0.2, -0.15) is 0 Å². The number of fused-ring (bicyclic) bond motifs is 1. The van der Waals surface area contributed by atoms with Crippen molar-refractivity contribution in [3.63, 3.8) is 0 Å². The highest BCUT2D eigenvalue weighted by atomic mass is 32.1. The van der Waals surface area contributed by atoms with Gasteiger partial charge in [0.25, 0.3) is 0 Å². The molecule has 0 amide bonds. The zero-order chi connectivity index (χ0) is 9.80. The smallest absolute Gasteiger partial charge is 0.0843 e. The number of para-hydroxylation sites is 1. The van der Waals surface area contributed by atoms with Gasteiger partial charge < -0.3 is 0 Å². The number of hydrogen-bond acceptors (Lipinski definition) is 2. The van der Waals surface area contributed by atoms with Crippen LogP contribution in [0.15, 0.2) is 23.7 Å². The van der Waals surface area contributed by atoms with Gasteiger partial charge in [-0.1, -0.05) is 31.9 Å². The number of aromatic nitrogens is 1. The molecule has 2 aromatic rings. The highest BCUT2D eigenvalue weighted by Gasteiger charge is 2.02. The van der Waals surface area contributed by atoms with E-state index in [0.717, 1.165) is 0 Å². The summed E-state index contributed by atoms with van der Waals surface area (Å²) in [6, 6.07) is 6.50. The minimum absolute atomic E-state index is 1.18. The topological polar surface area (TPSA) is 12.9 Å². The molecule has 0 bridgehead atoms. The minimum Gasteiger partial charge on any atom is -0.244 e. The molecule has 1 heterocycles. The minimum atomic E-state index is 1.18. The Morgan fingerprint density at radius 3 is 3.07 bits per heavy atom. The van der Waals surface area contributed by atoms with Gasteiger partial charge in [-0.15, -0.1) is 11.3 Å². The fourth-order valence-corrected chi connectivity index (χ4v) is 2.44. The molecule has 1 aromatic carbocycles. The molecular formula is C12H15NS. The van der Waals surface area contributed by atoms with Crippen molar-refractivity contribution in [3.05, 3.63) is 29.3 Å². The summed E-state index contributed by atoms with van der Waals surface area (Å²) in [4.78, 5) is 4.42. The molecule has 0 aliphatic carbocycles. The predicted octanol–water partition coefficient (Wildman–Crippen LogP) is 4.03. The lowest BCUT2D eigenvalue weighted by Gasteiger charge is -2.00. The third-order valence-corrected chi connectivity index (χ3v) is 3.29. The fraction of sp³-hybridized carbons (Fsp3) is 0.417. The normalized spacial score (nSPS) is 10.9. The van der Waals surface area contributed by atoms with Gasteiger partial charge in [-0.3, -0.25) is 0 Å². The molecule has 0 saturated heterocycles. The van der Waals surface area contributed by atoms with Crippen LogP contribution in [0, 0.1) is 0 Å². The first kappa shape index (κ1) is 9.66. The first-order chi connectivity index (χ1) is 6.92. The Morgan fingerprint density at radius 1 is 1.29 bits per heavy atom. The quantitative estimate of drug-likeness (QED) is 0.687. The van der Waals surface area contributed by atoms with Gasteiger partial charge in [-0.05, 0) is 24.5 Å². The maximum absolute atomic E-state index is 4.42. The third kappa shape index (κ3) is 1.95. The second kappa shape index (κ2) is 4.56. The van der Waals surface area contributed by atoms with Gasteiger partial charge in [-0.25, -0.2) is 4.98 Å². The van der Waals surface area contributed by atoms with E-state index in [9.17, 15) is 0 Å². The standard InChI is InChI=1S/C12H15NS/c1-2-3-4-6-10-7-5-8-11-12(10)13-9-14-11/h5,7-9H,2-4,6H2,1H3. The number of benzene rings is 1. The van der Waals surface area contributed by atoms with Crippen LogP contribution >= 0.6 is 11.3 Å². The monoisotopic (exact) mass is 205 g/mol. The molecule has 1 nitrogen and oxygen atoms in total. The lowest BCUT2D eigenvalue weighted by molar-refractivity contribution is 0.719. The van der Waals surface area contributed by atoms with Gasteiger partial charge in [0.05, 0.1) is 15.7 Å². The first-order valence-electron chi connectivity index (χ1n) is 5.23. The van der Waals surface area contributed by atoms with Crippen molar-refractivity contribution in [2.24, 2.45) is 0 Å². The van der Waals surface area contributed by atoms with E-state index in [-0.39, 0.29) is 0 Å². The molecule has 0 fully saturated rings. The number of hydrogen-bond donors (Lipinski definition) is 0. The third-order valence-electron chi connectivity index (χ3n) is 2.49. The summed E-state index contributed by atoms with van der Waals surface area (Å²) in [7, 11) is 0. The van der Waals surface area contributed by atoms with Crippen LogP contribution in [0.1, 0.15) is 31.7 Å². The van der Waals surface area contributed by atoms with Gasteiger partial charge >= 0.3 is 0 Å². The van der Waals surface area contributed by atoms with Crippen LogP contribution in [0.2, 0.25) is 0 Å². The average molecular weight is 205 g/mol. The molecule has 1 aromatic heterocycles. The lowest BCUT2D eigenvalue weighted by atomic mass is 10.1. The average Bonchev–Trinajstić information content (AvgIpc) is 2.67. The molecule has 74 valence electrons. The van der Waals surface area contributed by atoms with Gasteiger partial charge in [0.15, 0.2) is 0 Å². The van der Waals surface area contributed by atoms with Crippen LogP contribution in [-0.4, -0.2) is 4.98 Å². The molecule has 0 atom stereocenters. The van der Waals surface area contributed by atoms with Gasteiger partial charge in [0, 0.05) is 0 Å². The zero-order valence-electron chi connectivity index (χ0n) is 8.49. The molecular weight excluding hydrogens is 190 g/mol. The maximum Gasteiger partial charge on any atom is 0.0843 e. The van der Waals surface area contributed by atoms with E-state index in [1.165, 1.54) is 41.5 Å². The summed E-state index contributed by atoms with van der Waals surface area (Å²) in [5.74, 6) is 0. The summed E-state index contributed by atoms with van der Waals surface area (Å²) < 4.78 is 1.32. The van der Waals surface area contributed by atoms with Crippen LogP contribution in [-0.2, 0) is 6.42 Å². The largest absolute Gasteiger partial charge is 0.244 e. The Bertz CT molecular complexity index is 405. The van der Waals surface area contributed by atoms with E-state index in [1.54, 1.807) is 11.3 Å². The van der Waals surface area contributed by atoms with Gasteiger partial charge in [0.1, 0.15) is 0 Å². The van der Waals surface area contributed by atoms with Gasteiger partial charge in [0.2, 0.25) is 0 Å². The van der Waals surface area contributed by atoms with E-state index >= 15 is 0 Å². The fourth-order valence-electron chi connectivity index (χ4n) is 1.71. The highest BCUT2D eigenvalue weighted by molar-refractivity contribution is 7.16. The van der Waals surface area contributed by atoms with Crippen molar-refractivity contribution in [1.29, 1.82) is 0 Å². The second-order valence-electron chi connectivity index (χ2n) is 3.57. The van der Waals surface area contributed by atoms with Crippen molar-refractivity contribution in [3.8, 4) is 0 Å². The maximum atomic E-state index is 4.42. The van der Waals surface area contributed by atoms with Crippen LogP contribution in [0.5, 0.6) is 0 Å². The summed E-state index contributed by atoms with van der Waals surface area (Å²) >= 11 is 1.73. The molecule has 2 heteroatoms. The molecule has 14 heavy (non-hydrogen) atoms. The lowest BCUT2D eigenvalue weighted by Crippen LogP contribution is -1.86. The SMILES string of the molecule is CCCCCc1cccc2scnc12. The molecule has 0 spiro atoms. The molecule has 0 saturated carbocycles. The van der Waals surface area contributed by atoms with Crippen molar-refractivity contribution in [2.75, 3.05) is 0 Å². The Labute approximate surface area is 88.8 Å². The van der Waals surface area contributed by atoms with E-state index in [4.69, 9.17) is 0 Å². The number of nitrogens with zero attached hydrogens (tertiary/aromatic N) is 1. The molecule has 0 aliphatic rings. The number of aryl methyl sites for hydroxylation is 1. The van der Waals surface area contributed by atoms with Crippen LogP contribution in [0.4, 0.5) is 0 Å². The Balaban J connectivity index is 2.19. The number of thiazole rings is 1. The molecule has 2 rings (SSSR count). The number of rotatable bonds is 4. The Kier molecular flexibility index (Phi) is 3.14. The highest BCUT2D eigenvalue weighted by Crippen LogP contribution is 2.22. The van der Waals surface area contributed by atoms with E-state index in [1.807, 2.05) is 5.51 Å².